The van der Waals surface area contributed by atoms with E-state index >= 15 is 0 Å². The van der Waals surface area contributed by atoms with Crippen LogP contribution in [0.1, 0.15) is 30.8 Å². The molecule has 0 saturated heterocycles. The van der Waals surface area contributed by atoms with E-state index in [4.69, 9.17) is 11.5 Å². The number of primary amides is 1. The van der Waals surface area contributed by atoms with Crippen molar-refractivity contribution >= 4 is 11.7 Å². The number of rotatable bonds is 5. The highest BCUT2D eigenvalue weighted by Crippen LogP contribution is 2.14. The maximum atomic E-state index is 10.8. The number of aromatic nitrogens is 2. The van der Waals surface area contributed by atoms with Gasteiger partial charge in [0.05, 0.1) is 0 Å². The van der Waals surface area contributed by atoms with E-state index in [0.29, 0.717) is 12.4 Å². The van der Waals surface area contributed by atoms with Gasteiger partial charge in [-0.25, -0.2) is 0 Å². The van der Waals surface area contributed by atoms with Crippen molar-refractivity contribution in [2.45, 2.75) is 25.8 Å². The van der Waals surface area contributed by atoms with Gasteiger partial charge in [-0.05, 0) is 25.5 Å². The molecule has 16 heavy (non-hydrogen) atoms. The predicted octanol–water partition coefficient (Wildman–Crippen LogP) is 0.115. The van der Waals surface area contributed by atoms with E-state index in [1.54, 1.807) is 6.07 Å². The van der Waals surface area contributed by atoms with Crippen molar-refractivity contribution in [3.8, 4) is 0 Å². The van der Waals surface area contributed by atoms with Crippen molar-refractivity contribution < 1.29 is 4.79 Å². The minimum atomic E-state index is -0.587. The topological polar surface area (TPSA) is 107 Å². The molecule has 0 fully saturated rings. The molecular formula is C10H17N5O. The lowest BCUT2D eigenvalue weighted by molar-refractivity contribution is 0.0994. The van der Waals surface area contributed by atoms with Gasteiger partial charge in [0.2, 0.25) is 0 Å². The molecule has 1 aromatic rings. The third kappa shape index (κ3) is 2.90. The average Bonchev–Trinajstić information content (AvgIpc) is 2.29. The number of amides is 1. The summed E-state index contributed by atoms with van der Waals surface area (Å²) in [7, 11) is 0. The number of carbonyl (C=O) groups excluding carboxylic acids is 1. The van der Waals surface area contributed by atoms with Crippen molar-refractivity contribution in [2.75, 3.05) is 11.9 Å². The summed E-state index contributed by atoms with van der Waals surface area (Å²) in [6.45, 7) is 4.52. The third-order valence-corrected chi connectivity index (χ3v) is 2.58. The number of carbonyl (C=O) groups is 1. The normalized spacial score (nSPS) is 14.2. The van der Waals surface area contributed by atoms with Gasteiger partial charge >= 0.3 is 0 Å². The molecule has 1 aromatic heterocycles. The van der Waals surface area contributed by atoms with Crippen molar-refractivity contribution in [1.29, 1.82) is 0 Å². The first-order chi connectivity index (χ1) is 7.50. The fourth-order valence-corrected chi connectivity index (χ4v) is 1.12. The van der Waals surface area contributed by atoms with E-state index in [0.717, 1.165) is 6.42 Å². The van der Waals surface area contributed by atoms with Crippen LogP contribution in [0.4, 0.5) is 5.82 Å². The first-order valence-electron chi connectivity index (χ1n) is 5.12. The van der Waals surface area contributed by atoms with Crippen molar-refractivity contribution in [1.82, 2.24) is 10.2 Å². The lowest BCUT2D eigenvalue weighted by Crippen LogP contribution is -2.42. The molecular weight excluding hydrogens is 206 g/mol. The first-order valence-corrected chi connectivity index (χ1v) is 5.12. The largest absolute Gasteiger partial charge is 0.364 e. The zero-order valence-corrected chi connectivity index (χ0v) is 9.53. The Kier molecular flexibility index (Phi) is 3.78. The highest BCUT2D eigenvalue weighted by Gasteiger charge is 2.20. The molecule has 0 aliphatic carbocycles. The summed E-state index contributed by atoms with van der Waals surface area (Å²) in [4.78, 5) is 10.8. The van der Waals surface area contributed by atoms with E-state index < -0.39 is 5.91 Å². The zero-order chi connectivity index (χ0) is 12.2. The quantitative estimate of drug-likeness (QED) is 0.657. The Morgan fingerprint density at radius 1 is 1.50 bits per heavy atom. The molecule has 0 aliphatic heterocycles. The molecule has 88 valence electrons. The van der Waals surface area contributed by atoms with Gasteiger partial charge in [0.15, 0.2) is 5.69 Å². The molecule has 6 heteroatoms. The fourth-order valence-electron chi connectivity index (χ4n) is 1.12. The Labute approximate surface area is 94.4 Å². The van der Waals surface area contributed by atoms with Crippen LogP contribution >= 0.6 is 0 Å². The molecule has 0 radical (unpaired) electrons. The van der Waals surface area contributed by atoms with E-state index in [9.17, 15) is 4.79 Å². The second-order valence-corrected chi connectivity index (χ2v) is 3.91. The van der Waals surface area contributed by atoms with Gasteiger partial charge in [0, 0.05) is 12.1 Å². The molecule has 1 heterocycles. The highest BCUT2D eigenvalue weighted by atomic mass is 16.1. The second-order valence-electron chi connectivity index (χ2n) is 3.91. The lowest BCUT2D eigenvalue weighted by Gasteiger charge is -2.28. The summed E-state index contributed by atoms with van der Waals surface area (Å²) in [6.07, 6.45) is 0.864. The van der Waals surface area contributed by atoms with Gasteiger partial charge in [0.25, 0.3) is 5.91 Å². The van der Waals surface area contributed by atoms with Gasteiger partial charge in [-0.3, -0.25) is 4.79 Å². The summed E-state index contributed by atoms with van der Waals surface area (Å²) >= 11 is 0. The van der Waals surface area contributed by atoms with Crippen LogP contribution in [0.2, 0.25) is 0 Å². The molecule has 1 unspecified atom stereocenters. The van der Waals surface area contributed by atoms with Gasteiger partial charge in [-0.2, -0.15) is 0 Å². The SMILES string of the molecule is CCC(C)(CN)Nc1ccc(C(N)=O)nn1. The summed E-state index contributed by atoms with van der Waals surface area (Å²) in [6, 6.07) is 3.20. The number of nitrogens with zero attached hydrogens (tertiary/aromatic N) is 2. The molecule has 0 bridgehead atoms. The van der Waals surface area contributed by atoms with Gasteiger partial charge < -0.3 is 16.8 Å². The van der Waals surface area contributed by atoms with E-state index in [-0.39, 0.29) is 11.2 Å². The van der Waals surface area contributed by atoms with Crippen LogP contribution in [0.15, 0.2) is 12.1 Å². The number of hydrogen-bond donors (Lipinski definition) is 3. The Hall–Kier alpha value is -1.69. The number of nitrogens with one attached hydrogen (secondary N) is 1. The summed E-state index contributed by atoms with van der Waals surface area (Å²) in [5.74, 6) is -0.00377. The summed E-state index contributed by atoms with van der Waals surface area (Å²) in [5, 5.41) is 10.7. The van der Waals surface area contributed by atoms with Crippen molar-refractivity contribution in [3.63, 3.8) is 0 Å². The highest BCUT2D eigenvalue weighted by molar-refractivity contribution is 5.90. The molecule has 5 N–H and O–H groups in total. The summed E-state index contributed by atoms with van der Waals surface area (Å²) < 4.78 is 0. The minimum absolute atomic E-state index is 0.150. The standard InChI is InChI=1S/C10H17N5O/c1-3-10(2,6-11)13-8-5-4-7(9(12)16)14-15-8/h4-5H,3,6,11H2,1-2H3,(H2,12,16)(H,13,15). The van der Waals surface area contributed by atoms with Gasteiger partial charge in [0.1, 0.15) is 5.82 Å². The Morgan fingerprint density at radius 2 is 2.19 bits per heavy atom. The Morgan fingerprint density at radius 3 is 2.56 bits per heavy atom. The van der Waals surface area contributed by atoms with E-state index in [2.05, 4.69) is 15.5 Å². The molecule has 1 rings (SSSR count). The van der Waals surface area contributed by atoms with Crippen LogP contribution in [0.5, 0.6) is 0 Å². The Balaban J connectivity index is 2.79. The first kappa shape index (κ1) is 12.4. The van der Waals surface area contributed by atoms with E-state index in [1.165, 1.54) is 6.07 Å². The van der Waals surface area contributed by atoms with Crippen LogP contribution in [0, 0.1) is 0 Å². The lowest BCUT2D eigenvalue weighted by atomic mass is 9.99. The average molecular weight is 223 g/mol. The molecule has 0 aromatic carbocycles. The smallest absolute Gasteiger partial charge is 0.269 e. The van der Waals surface area contributed by atoms with Crippen LogP contribution in [0.3, 0.4) is 0 Å². The minimum Gasteiger partial charge on any atom is -0.364 e. The van der Waals surface area contributed by atoms with Crippen molar-refractivity contribution in [3.05, 3.63) is 17.8 Å². The maximum absolute atomic E-state index is 10.8. The fraction of sp³-hybridized carbons (Fsp3) is 0.500. The van der Waals surface area contributed by atoms with Crippen LogP contribution in [0.25, 0.3) is 0 Å². The summed E-state index contributed by atoms with van der Waals surface area (Å²) in [5.41, 5.74) is 10.7. The number of nitrogens with two attached hydrogens (primary N) is 2. The Bertz CT molecular complexity index is 358. The van der Waals surface area contributed by atoms with Gasteiger partial charge in [-0.15, -0.1) is 10.2 Å². The number of hydrogen-bond acceptors (Lipinski definition) is 5. The maximum Gasteiger partial charge on any atom is 0.269 e. The van der Waals surface area contributed by atoms with Crippen LogP contribution in [-0.2, 0) is 0 Å². The zero-order valence-electron chi connectivity index (χ0n) is 9.53. The van der Waals surface area contributed by atoms with E-state index in [1.807, 2.05) is 13.8 Å². The second kappa shape index (κ2) is 4.89. The number of anilines is 1. The third-order valence-electron chi connectivity index (χ3n) is 2.58. The van der Waals surface area contributed by atoms with Crippen LogP contribution < -0.4 is 16.8 Å². The molecule has 0 aliphatic rings. The van der Waals surface area contributed by atoms with Crippen molar-refractivity contribution in [2.24, 2.45) is 11.5 Å². The molecule has 1 atom stereocenters. The molecule has 0 saturated carbocycles. The molecule has 1 amide bonds. The van der Waals surface area contributed by atoms with Crippen LogP contribution in [-0.4, -0.2) is 28.2 Å². The molecule has 0 spiro atoms. The van der Waals surface area contributed by atoms with Gasteiger partial charge in [-0.1, -0.05) is 6.92 Å². The molecule has 6 nitrogen and oxygen atoms in total. The monoisotopic (exact) mass is 223 g/mol. The predicted molar refractivity (Wildman–Crippen MR) is 61.9 cm³/mol.